The molecule has 1 spiro atoms. The van der Waals surface area contributed by atoms with Crippen LogP contribution < -0.4 is 31.1 Å². The number of carbonyl (C=O) groups is 3. The van der Waals surface area contributed by atoms with Crippen LogP contribution in [0.25, 0.3) is 0 Å². The van der Waals surface area contributed by atoms with Gasteiger partial charge < -0.3 is 46.1 Å². The Kier molecular flexibility index (Phi) is 22.2. The average Bonchev–Trinajstić information content (AvgIpc) is 2.95. The zero-order chi connectivity index (χ0) is 32.4. The molecule has 2 saturated heterocycles. The van der Waals surface area contributed by atoms with E-state index >= 15 is 0 Å². The van der Waals surface area contributed by atoms with Crippen LogP contribution in [0.15, 0.2) is 0 Å². The van der Waals surface area contributed by atoms with Gasteiger partial charge in [0.05, 0.1) is 19.6 Å². The van der Waals surface area contributed by atoms with Crippen molar-refractivity contribution in [1.82, 2.24) is 25.3 Å². The number of aliphatic hydroxyl groups excluding tert-OH is 2. The predicted molar refractivity (Wildman–Crippen MR) is 149 cm³/mol. The Bertz CT molecular complexity index is 861. The fourth-order valence-electron chi connectivity index (χ4n) is 5.31. The van der Waals surface area contributed by atoms with E-state index in [1.165, 1.54) is 0 Å². The number of nitrogens with one attached hydrogen (secondary N) is 2. The van der Waals surface area contributed by atoms with Crippen molar-refractivity contribution in [3.05, 3.63) is 0 Å². The van der Waals surface area contributed by atoms with Crippen LogP contribution >= 0.6 is 0 Å². The fourth-order valence-corrected chi connectivity index (χ4v) is 5.31. The third-order valence-corrected chi connectivity index (χ3v) is 8.09. The molecule has 4 unspecified atom stereocenters. The van der Waals surface area contributed by atoms with E-state index in [-0.39, 0.29) is 89.0 Å². The molecule has 0 aromatic carbocycles. The number of hydrogen-bond donors (Lipinski definition) is 4. The fraction of sp³-hybridized carbons (Fsp3) is 0.893. The van der Waals surface area contributed by atoms with Gasteiger partial charge in [0.1, 0.15) is 6.41 Å². The van der Waals surface area contributed by atoms with Crippen molar-refractivity contribution in [2.75, 3.05) is 91.8 Å². The molecule has 0 aliphatic carbocycles. The molecule has 4 N–H and O–H groups in total. The van der Waals surface area contributed by atoms with E-state index in [2.05, 4.69) is 10.6 Å². The minimum absolute atomic E-state index is 0. The first-order chi connectivity index (χ1) is 21.0. The first-order valence-electron chi connectivity index (χ1n) is 15.7. The second-order valence-electron chi connectivity index (χ2n) is 11.7. The van der Waals surface area contributed by atoms with Crippen LogP contribution in [0.3, 0.4) is 0 Å². The molecule has 0 bridgehead atoms. The molecule has 2 rings (SSSR count). The molecule has 0 aromatic rings. The van der Waals surface area contributed by atoms with Gasteiger partial charge in [-0.25, -0.2) is 0 Å². The van der Waals surface area contributed by atoms with Crippen molar-refractivity contribution in [3.8, 4) is 0 Å². The van der Waals surface area contributed by atoms with Crippen LogP contribution in [0.5, 0.6) is 0 Å². The van der Waals surface area contributed by atoms with Gasteiger partial charge in [0.2, 0.25) is 11.8 Å². The van der Waals surface area contributed by atoms with Gasteiger partial charge in [-0.15, -0.1) is 0 Å². The topological polar surface area (TPSA) is 227 Å². The Hall–Kier alpha value is -0.665. The van der Waals surface area contributed by atoms with Crippen LogP contribution in [0.2, 0.25) is 0 Å². The van der Waals surface area contributed by atoms with Crippen molar-refractivity contribution in [1.29, 1.82) is 0 Å². The van der Waals surface area contributed by atoms with Crippen LogP contribution in [0, 0.1) is 39.9 Å². The first-order valence-corrected chi connectivity index (χ1v) is 15.7. The molecule has 16 nitrogen and oxygen atoms in total. The molecule has 261 valence electrons. The first kappa shape index (κ1) is 42.4. The quantitative estimate of drug-likeness (QED) is 0.0577. The van der Waals surface area contributed by atoms with E-state index in [1.54, 1.807) is 9.80 Å². The molecule has 2 aliphatic rings. The standard InChI is InChI=1S/C28H52N6O10.Gd/c35-23(29-9-6-2-4-8-25(37)38)7-3-1-5-10-30-24(36)19-32-13-11-31(20-26(39)40)12-14-33(21-27(41)42)16-18-34(17-15-32)22-44-28(34)43;/h26-28,39,41H,1-22H2,(H,29,35)(H,30,36)(H,37,38);/q-2;+3/p-1. The molecule has 45 heavy (non-hydrogen) atoms. The van der Waals surface area contributed by atoms with Crippen LogP contribution in [-0.4, -0.2) is 158 Å². The number of aliphatic hydroxyl groups is 2. The normalized spacial score (nSPS) is 23.5. The Morgan fingerprint density at radius 1 is 0.756 bits per heavy atom. The number of hydrogen-bond acceptors (Lipinski definition) is 13. The molecular weight excluding hydrogens is 738 g/mol. The van der Waals surface area contributed by atoms with Gasteiger partial charge in [0.15, 0.2) is 6.73 Å². The molecule has 2 heterocycles. The average molecular weight is 789 g/mol. The third kappa shape index (κ3) is 18.5. The van der Waals surface area contributed by atoms with E-state index in [0.29, 0.717) is 97.6 Å². The molecule has 1 radical (unpaired) electrons. The summed E-state index contributed by atoms with van der Waals surface area (Å²) in [6.07, 6.45) is -0.307. The maximum absolute atomic E-state index is 12.8. The zero-order valence-corrected chi connectivity index (χ0v) is 28.4. The summed E-state index contributed by atoms with van der Waals surface area (Å²) < 4.78 is 5.30. The minimum atomic E-state index is -1.80. The minimum Gasteiger partial charge on any atom is -0.830 e. The van der Waals surface area contributed by atoms with E-state index in [4.69, 9.17) is 4.74 Å². The maximum Gasteiger partial charge on any atom is 3.00 e. The number of nitrogens with zero attached hydrogens (tertiary/aromatic N) is 4. The summed E-state index contributed by atoms with van der Waals surface area (Å²) in [5.41, 5.74) is 0. The second kappa shape index (κ2) is 23.6. The van der Waals surface area contributed by atoms with Crippen molar-refractivity contribution >= 4 is 17.8 Å². The largest absolute Gasteiger partial charge is 3.00 e. The summed E-state index contributed by atoms with van der Waals surface area (Å²) in [5.74, 6) is -1.29. The van der Waals surface area contributed by atoms with Gasteiger partial charge in [0, 0.05) is 77.8 Å². The summed E-state index contributed by atoms with van der Waals surface area (Å²) in [4.78, 5) is 40.6. The van der Waals surface area contributed by atoms with Gasteiger partial charge in [-0.3, -0.25) is 33.5 Å². The number of ether oxygens (including phenoxy) is 1. The molecule has 2 amide bonds. The molecule has 0 saturated carbocycles. The van der Waals surface area contributed by atoms with E-state index in [1.807, 2.05) is 4.90 Å². The van der Waals surface area contributed by atoms with E-state index < -0.39 is 25.0 Å². The number of quaternary nitrogens is 1. The van der Waals surface area contributed by atoms with Crippen LogP contribution in [-0.2, 0) is 19.1 Å². The van der Waals surface area contributed by atoms with Crippen LogP contribution in [0.4, 0.5) is 0 Å². The van der Waals surface area contributed by atoms with Gasteiger partial charge in [0.25, 0.3) is 0 Å². The van der Waals surface area contributed by atoms with Gasteiger partial charge >= 0.3 is 39.9 Å². The maximum atomic E-state index is 12.8. The van der Waals surface area contributed by atoms with Crippen molar-refractivity contribution < 1.29 is 94.2 Å². The number of β-amino-alcohol motifs (C(OH)–C–C–N with tert-alkyl or cyclic N) is 2. The van der Waals surface area contributed by atoms with Gasteiger partial charge in [-0.05, 0) is 44.7 Å². The molecule has 17 heteroatoms. The number of carbonyl (C=O) groups excluding carboxylic acids is 3. The van der Waals surface area contributed by atoms with Crippen molar-refractivity contribution in [3.63, 3.8) is 0 Å². The Balaban J connectivity index is 0.0000101. The summed E-state index contributed by atoms with van der Waals surface area (Å²) >= 11 is 0. The second-order valence-corrected chi connectivity index (χ2v) is 11.7. The van der Waals surface area contributed by atoms with Crippen LogP contribution in [0.1, 0.15) is 51.4 Å². The Labute approximate surface area is 297 Å². The van der Waals surface area contributed by atoms with Crippen molar-refractivity contribution in [2.24, 2.45) is 0 Å². The Morgan fingerprint density at radius 2 is 1.24 bits per heavy atom. The molecular formula is C28H51GdN6O10. The third-order valence-electron chi connectivity index (χ3n) is 8.09. The molecule has 4 atom stereocenters. The predicted octanol–water partition coefficient (Wildman–Crippen LogP) is -6.19. The SMILES string of the molecule is O=C([O-])CCCCCNC(=O)CCCCCNC(=O)CN1CCN(CC([O-])O)CCN(CC([O-])O)CC[N+]2(CC1)COC2[O-].[Gd+3]. The summed E-state index contributed by atoms with van der Waals surface area (Å²) in [5, 5.41) is 70.5. The van der Waals surface area contributed by atoms with E-state index in [0.717, 1.165) is 12.8 Å². The molecule has 0 aromatic heterocycles. The number of aliphatic carboxylic acids is 1. The number of carboxylic acid groups (broad SMARTS) is 1. The summed E-state index contributed by atoms with van der Waals surface area (Å²) in [6.45, 7) is 4.26. The number of rotatable bonds is 18. The van der Waals surface area contributed by atoms with Crippen molar-refractivity contribution in [2.45, 2.75) is 70.4 Å². The number of carboxylic acids is 1. The monoisotopic (exact) mass is 789 g/mol. The van der Waals surface area contributed by atoms with Gasteiger partial charge in [-0.2, -0.15) is 0 Å². The number of unbranched alkanes of at least 4 members (excludes halogenated alkanes) is 4. The molecule has 2 fully saturated rings. The smallest absolute Gasteiger partial charge is 0.830 e. The Morgan fingerprint density at radius 3 is 1.73 bits per heavy atom. The zero-order valence-electron chi connectivity index (χ0n) is 26.1. The van der Waals surface area contributed by atoms with Gasteiger partial charge in [-0.1, -0.05) is 12.8 Å². The summed E-state index contributed by atoms with van der Waals surface area (Å²) in [6, 6.07) is 0. The van der Waals surface area contributed by atoms with E-state index in [9.17, 15) is 45.0 Å². The number of amides is 2. The summed E-state index contributed by atoms with van der Waals surface area (Å²) in [7, 11) is 0. The molecule has 2 aliphatic heterocycles.